The van der Waals surface area contributed by atoms with Crippen LogP contribution in [0.4, 0.5) is 5.69 Å². The average molecular weight is 387 g/mol. The summed E-state index contributed by atoms with van der Waals surface area (Å²) < 4.78 is 11.2. The number of esters is 1. The maximum atomic E-state index is 12.8. The normalized spacial score (nSPS) is 23.3. The number of rotatable bonds is 5. The molecule has 1 amide bonds. The topological polar surface area (TPSA) is 80.2 Å². The molecule has 0 aliphatic carbocycles. The van der Waals surface area contributed by atoms with Crippen LogP contribution in [0.5, 0.6) is 0 Å². The second kappa shape index (κ2) is 8.31. The Kier molecular flexibility index (Phi) is 6.03. The van der Waals surface area contributed by atoms with E-state index in [1.165, 1.54) is 0 Å². The quantitative estimate of drug-likeness (QED) is 0.786. The average Bonchev–Trinajstić information content (AvgIpc) is 3.31. The highest BCUT2D eigenvalue weighted by molar-refractivity contribution is 6.40. The van der Waals surface area contributed by atoms with E-state index in [0.717, 1.165) is 25.1 Å². The van der Waals surface area contributed by atoms with E-state index >= 15 is 0 Å². The zero-order valence-electron chi connectivity index (χ0n) is 17.0. The Hall–Kier alpha value is -2.41. The summed E-state index contributed by atoms with van der Waals surface area (Å²) in [5, 5.41) is 9.02. The molecule has 7 heteroatoms. The number of nitrogens with zero attached hydrogens (tertiary/aromatic N) is 2. The molecule has 0 spiro atoms. The summed E-state index contributed by atoms with van der Waals surface area (Å²) >= 11 is 0. The van der Waals surface area contributed by atoms with Gasteiger partial charge in [-0.2, -0.15) is 5.10 Å². The molecule has 3 rings (SSSR count). The molecule has 0 aromatic heterocycles. The van der Waals surface area contributed by atoms with E-state index in [4.69, 9.17) is 9.47 Å². The van der Waals surface area contributed by atoms with Gasteiger partial charge in [-0.15, -0.1) is 0 Å². The molecule has 3 unspecified atom stereocenters. The lowest BCUT2D eigenvalue weighted by atomic mass is 10.1. The molecular formula is C21H29N3O4. The van der Waals surface area contributed by atoms with Gasteiger partial charge in [-0.3, -0.25) is 9.80 Å². The van der Waals surface area contributed by atoms with Gasteiger partial charge in [0.2, 0.25) is 0 Å². The van der Waals surface area contributed by atoms with Crippen LogP contribution in [0, 0.1) is 0 Å². The van der Waals surface area contributed by atoms with E-state index in [1.54, 1.807) is 5.01 Å². The molecule has 1 N–H and O–H groups in total. The SMILES string of the molecule is CC(NC(=O)C1=NN(c2ccccc2)C(C(=O)OC(C)(C)C)C1)C1CCCO1. The minimum Gasteiger partial charge on any atom is -0.458 e. The highest BCUT2D eigenvalue weighted by atomic mass is 16.6. The fourth-order valence-corrected chi connectivity index (χ4v) is 3.40. The van der Waals surface area contributed by atoms with Crippen molar-refractivity contribution in [3.8, 4) is 0 Å². The second-order valence-electron chi connectivity index (χ2n) is 8.29. The van der Waals surface area contributed by atoms with Crippen molar-refractivity contribution in [3.05, 3.63) is 30.3 Å². The van der Waals surface area contributed by atoms with Crippen LogP contribution in [0.1, 0.15) is 47.0 Å². The Bertz CT molecular complexity index is 736. The van der Waals surface area contributed by atoms with Gasteiger partial charge in [-0.1, -0.05) is 18.2 Å². The number of carbonyl (C=O) groups is 2. The minimum absolute atomic E-state index is 0.0258. The monoisotopic (exact) mass is 387 g/mol. The third kappa shape index (κ3) is 4.90. The number of carbonyl (C=O) groups excluding carboxylic acids is 2. The first-order chi connectivity index (χ1) is 13.2. The van der Waals surface area contributed by atoms with Gasteiger partial charge in [-0.05, 0) is 52.7 Å². The number of nitrogens with one attached hydrogen (secondary N) is 1. The van der Waals surface area contributed by atoms with Gasteiger partial charge < -0.3 is 14.8 Å². The van der Waals surface area contributed by atoms with Crippen molar-refractivity contribution in [1.82, 2.24) is 5.32 Å². The van der Waals surface area contributed by atoms with Gasteiger partial charge in [0.05, 0.1) is 17.8 Å². The number of para-hydroxylation sites is 1. The fourth-order valence-electron chi connectivity index (χ4n) is 3.40. The van der Waals surface area contributed by atoms with Crippen molar-refractivity contribution >= 4 is 23.3 Å². The molecule has 152 valence electrons. The molecule has 3 atom stereocenters. The molecule has 7 nitrogen and oxygen atoms in total. The molecule has 1 aromatic carbocycles. The largest absolute Gasteiger partial charge is 0.458 e. The van der Waals surface area contributed by atoms with Gasteiger partial charge in [0.25, 0.3) is 5.91 Å². The lowest BCUT2D eigenvalue weighted by Gasteiger charge is -2.26. The number of hydrogen-bond acceptors (Lipinski definition) is 6. The highest BCUT2D eigenvalue weighted by Crippen LogP contribution is 2.27. The van der Waals surface area contributed by atoms with Gasteiger partial charge in [0, 0.05) is 13.0 Å². The van der Waals surface area contributed by atoms with E-state index < -0.39 is 17.6 Å². The number of anilines is 1. The number of benzene rings is 1. The predicted molar refractivity (Wildman–Crippen MR) is 107 cm³/mol. The fraction of sp³-hybridized carbons (Fsp3) is 0.571. The summed E-state index contributed by atoms with van der Waals surface area (Å²) in [5.74, 6) is -0.662. The van der Waals surface area contributed by atoms with Crippen LogP contribution in [0.3, 0.4) is 0 Å². The van der Waals surface area contributed by atoms with Crippen LogP contribution in [0.2, 0.25) is 0 Å². The summed E-state index contributed by atoms with van der Waals surface area (Å²) in [6.45, 7) is 8.14. The Balaban J connectivity index is 1.76. The molecular weight excluding hydrogens is 358 g/mol. The van der Waals surface area contributed by atoms with Crippen molar-refractivity contribution < 1.29 is 19.1 Å². The lowest BCUT2D eigenvalue weighted by Crippen LogP contribution is -2.44. The van der Waals surface area contributed by atoms with E-state index in [9.17, 15) is 9.59 Å². The van der Waals surface area contributed by atoms with Crippen molar-refractivity contribution in [3.63, 3.8) is 0 Å². The molecule has 1 saturated heterocycles. The predicted octanol–water partition coefficient (Wildman–Crippen LogP) is 2.65. The van der Waals surface area contributed by atoms with Crippen LogP contribution >= 0.6 is 0 Å². The molecule has 1 aromatic rings. The van der Waals surface area contributed by atoms with Crippen molar-refractivity contribution in [1.29, 1.82) is 0 Å². The van der Waals surface area contributed by atoms with Crippen molar-refractivity contribution in [2.75, 3.05) is 11.6 Å². The van der Waals surface area contributed by atoms with E-state index in [0.29, 0.717) is 5.71 Å². The molecule has 2 aliphatic rings. The summed E-state index contributed by atoms with van der Waals surface area (Å²) in [4.78, 5) is 25.5. The number of amides is 1. The summed E-state index contributed by atoms with van der Waals surface area (Å²) in [6.07, 6.45) is 2.17. The molecule has 0 saturated carbocycles. The summed E-state index contributed by atoms with van der Waals surface area (Å²) in [7, 11) is 0. The maximum absolute atomic E-state index is 12.8. The second-order valence-corrected chi connectivity index (χ2v) is 8.29. The van der Waals surface area contributed by atoms with E-state index in [-0.39, 0.29) is 24.5 Å². The lowest BCUT2D eigenvalue weighted by molar-refractivity contribution is -0.156. The van der Waals surface area contributed by atoms with Crippen LogP contribution in [0.15, 0.2) is 35.4 Å². The Morgan fingerprint density at radius 1 is 1.29 bits per heavy atom. The zero-order chi connectivity index (χ0) is 20.3. The standard InChI is InChI=1S/C21H29N3O4/c1-14(18-11-8-12-27-18)22-19(25)16-13-17(20(26)28-21(2,3)4)24(23-16)15-9-6-5-7-10-15/h5-7,9-10,14,17-18H,8,11-13H2,1-4H3,(H,22,25). The first-order valence-corrected chi connectivity index (χ1v) is 9.82. The molecule has 0 radical (unpaired) electrons. The van der Waals surface area contributed by atoms with Gasteiger partial charge in [0.1, 0.15) is 11.3 Å². The van der Waals surface area contributed by atoms with Gasteiger partial charge >= 0.3 is 5.97 Å². The van der Waals surface area contributed by atoms with Crippen LogP contribution < -0.4 is 10.3 Å². The van der Waals surface area contributed by atoms with Crippen LogP contribution in [0.25, 0.3) is 0 Å². The van der Waals surface area contributed by atoms with Gasteiger partial charge in [0.15, 0.2) is 6.04 Å². The Morgan fingerprint density at radius 2 is 2.00 bits per heavy atom. The summed E-state index contributed by atoms with van der Waals surface area (Å²) in [6, 6.07) is 8.57. The Labute approximate surface area is 166 Å². The van der Waals surface area contributed by atoms with Crippen molar-refractivity contribution in [2.24, 2.45) is 5.10 Å². The molecule has 2 aliphatic heterocycles. The first-order valence-electron chi connectivity index (χ1n) is 9.82. The molecule has 0 bridgehead atoms. The maximum Gasteiger partial charge on any atom is 0.331 e. The summed E-state index contributed by atoms with van der Waals surface area (Å²) in [5.41, 5.74) is 0.455. The van der Waals surface area contributed by atoms with Crippen LogP contribution in [-0.2, 0) is 19.1 Å². The minimum atomic E-state index is -0.666. The number of ether oxygens (including phenoxy) is 2. The van der Waals surface area contributed by atoms with Gasteiger partial charge in [-0.25, -0.2) is 4.79 Å². The smallest absolute Gasteiger partial charge is 0.331 e. The van der Waals surface area contributed by atoms with Crippen molar-refractivity contribution in [2.45, 2.75) is 70.7 Å². The Morgan fingerprint density at radius 3 is 2.61 bits per heavy atom. The molecule has 1 fully saturated rings. The highest BCUT2D eigenvalue weighted by Gasteiger charge is 2.39. The first kappa shape index (κ1) is 20.3. The molecule has 28 heavy (non-hydrogen) atoms. The van der Waals surface area contributed by atoms with E-state index in [1.807, 2.05) is 58.0 Å². The molecule has 2 heterocycles. The number of hydrazone groups is 1. The third-order valence-corrected chi connectivity index (χ3v) is 4.75. The third-order valence-electron chi connectivity index (χ3n) is 4.75. The van der Waals surface area contributed by atoms with E-state index in [2.05, 4.69) is 10.4 Å². The van der Waals surface area contributed by atoms with Crippen LogP contribution in [-0.4, -0.2) is 48.0 Å². The zero-order valence-corrected chi connectivity index (χ0v) is 17.0. The number of hydrogen-bond donors (Lipinski definition) is 1.